The van der Waals surface area contributed by atoms with E-state index in [0.717, 1.165) is 12.1 Å². The van der Waals surface area contributed by atoms with Crippen LogP contribution in [0.1, 0.15) is 11.1 Å². The molecule has 0 radical (unpaired) electrons. The fourth-order valence-corrected chi connectivity index (χ4v) is 3.72. The van der Waals surface area contributed by atoms with Crippen LogP contribution in [-0.4, -0.2) is 12.4 Å². The second-order valence-corrected chi connectivity index (χ2v) is 8.06. The highest BCUT2D eigenvalue weighted by Crippen LogP contribution is 2.34. The van der Waals surface area contributed by atoms with Crippen LogP contribution in [0.2, 0.25) is 0 Å². The molecule has 0 atom stereocenters. The maximum Gasteiger partial charge on any atom is 0.426 e. The highest BCUT2D eigenvalue weighted by atomic mass is 19.4. The van der Waals surface area contributed by atoms with Gasteiger partial charge in [-0.1, -0.05) is 24.3 Å². The Morgan fingerprint density at radius 1 is 0.475 bits per heavy atom. The molecule has 0 aromatic heterocycles. The van der Waals surface area contributed by atoms with Crippen LogP contribution in [0.15, 0.2) is 60.7 Å². The molecule has 0 fully saturated rings. The molecule has 0 unspecified atom stereocenters. The monoisotopic (exact) mass is 578 g/mol. The molecular formula is C26H10F12N2. The molecule has 2 nitrogen and oxygen atoms in total. The quantitative estimate of drug-likeness (QED) is 0.295. The maximum atomic E-state index is 13.8. The predicted octanol–water partition coefficient (Wildman–Crippen LogP) is 7.53. The lowest BCUT2D eigenvalue weighted by Crippen LogP contribution is -2.27. The van der Waals surface area contributed by atoms with E-state index in [1.54, 1.807) is 0 Å². The summed E-state index contributed by atoms with van der Waals surface area (Å²) in [5.41, 5.74) is -8.89. The third-order valence-electron chi connectivity index (χ3n) is 5.53. The van der Waals surface area contributed by atoms with Crippen molar-refractivity contribution in [3.63, 3.8) is 0 Å². The van der Waals surface area contributed by atoms with Crippen LogP contribution in [0.4, 0.5) is 52.7 Å². The van der Waals surface area contributed by atoms with Crippen molar-refractivity contribution >= 4 is 11.1 Å². The Kier molecular flexibility index (Phi) is 7.72. The van der Waals surface area contributed by atoms with Gasteiger partial charge < -0.3 is 0 Å². The summed E-state index contributed by atoms with van der Waals surface area (Å²) < 4.78 is 161. The third-order valence-corrected chi connectivity index (χ3v) is 5.53. The van der Waals surface area contributed by atoms with E-state index in [1.165, 1.54) is 0 Å². The molecule has 40 heavy (non-hydrogen) atoms. The number of rotatable bonds is 2. The van der Waals surface area contributed by atoms with Crippen molar-refractivity contribution in [3.05, 3.63) is 82.2 Å². The summed E-state index contributed by atoms with van der Waals surface area (Å²) in [5, 5.41) is 16.4. The summed E-state index contributed by atoms with van der Waals surface area (Å²) in [7, 11) is 0. The summed E-state index contributed by atoms with van der Waals surface area (Å²) in [4.78, 5) is 0. The molecule has 0 spiro atoms. The number of hydrogen-bond acceptors (Lipinski definition) is 2. The molecule has 0 amide bonds. The minimum absolute atomic E-state index is 0.431. The molecule has 0 bridgehead atoms. The largest absolute Gasteiger partial charge is 0.426 e. The van der Waals surface area contributed by atoms with Gasteiger partial charge in [-0.25, -0.2) is 0 Å². The molecule has 0 saturated carbocycles. The van der Waals surface area contributed by atoms with E-state index in [2.05, 4.69) is 0 Å². The number of nitriles is 2. The summed E-state index contributed by atoms with van der Waals surface area (Å²) in [6.45, 7) is 0. The lowest BCUT2D eigenvalue weighted by molar-refractivity contribution is -0.138. The molecule has 0 heterocycles. The van der Waals surface area contributed by atoms with Gasteiger partial charge in [-0.2, -0.15) is 63.2 Å². The van der Waals surface area contributed by atoms with Crippen molar-refractivity contribution in [2.24, 2.45) is 0 Å². The number of alkyl halides is 12. The van der Waals surface area contributed by atoms with Gasteiger partial charge >= 0.3 is 24.7 Å². The lowest BCUT2D eigenvalue weighted by Gasteiger charge is -2.15. The van der Waals surface area contributed by atoms with E-state index in [0.29, 0.717) is 60.7 Å². The van der Waals surface area contributed by atoms with Crippen LogP contribution in [-0.2, 0) is 12.4 Å². The molecule has 0 aliphatic rings. The topological polar surface area (TPSA) is 47.6 Å². The standard InChI is InChI=1S/C26H10F12N2/c27-23(28,29)15-5-1-13(2-6-15)17-9-20(22(12-40)26(36,37)38)18(10-19(17)21(11-39)25(33,34)35)14-3-7-16(8-4-14)24(30,31)32/h1-10H/b21-19+,22-20+. The molecular weight excluding hydrogens is 568 g/mol. The van der Waals surface area contributed by atoms with Crippen molar-refractivity contribution < 1.29 is 52.7 Å². The average Bonchev–Trinajstić information content (AvgIpc) is 2.82. The Labute approximate surface area is 216 Å². The third kappa shape index (κ3) is 6.22. The van der Waals surface area contributed by atoms with Gasteiger partial charge in [0.05, 0.1) is 11.1 Å². The number of nitrogens with zero attached hydrogens (tertiary/aromatic N) is 2. The van der Waals surface area contributed by atoms with Gasteiger partial charge in [0.25, 0.3) is 0 Å². The molecule has 3 aromatic carbocycles. The SMILES string of the molecule is N#C/C(=c1/cc(-c2ccc(C(F)(F)F)cc2)/c(=C(\C#N)C(F)(F)F)cc1-c1ccc(C(F)(F)F)cc1)C(F)(F)F. The van der Waals surface area contributed by atoms with Gasteiger partial charge in [0, 0.05) is 10.4 Å². The van der Waals surface area contributed by atoms with Crippen LogP contribution in [0.25, 0.3) is 33.4 Å². The predicted molar refractivity (Wildman–Crippen MR) is 117 cm³/mol. The van der Waals surface area contributed by atoms with Gasteiger partial charge in [-0.05, 0) is 58.7 Å². The summed E-state index contributed by atoms with van der Waals surface area (Å²) >= 11 is 0. The van der Waals surface area contributed by atoms with Crippen molar-refractivity contribution in [1.82, 2.24) is 0 Å². The molecule has 0 aliphatic heterocycles. The number of hydrogen-bond donors (Lipinski definition) is 0. The first-order valence-electron chi connectivity index (χ1n) is 10.5. The van der Waals surface area contributed by atoms with E-state index in [1.807, 2.05) is 0 Å². The van der Waals surface area contributed by atoms with Crippen LogP contribution in [0, 0.1) is 22.7 Å². The zero-order chi connectivity index (χ0) is 30.3. The highest BCUT2D eigenvalue weighted by molar-refractivity contribution is 5.81. The Bertz CT molecular complexity index is 1500. The Hall–Kier alpha value is -4.46. The molecule has 14 heteroatoms. The van der Waals surface area contributed by atoms with E-state index in [4.69, 9.17) is 0 Å². The first kappa shape index (κ1) is 30.1. The number of benzene rings is 3. The van der Waals surface area contributed by atoms with Gasteiger partial charge in [-0.3, -0.25) is 0 Å². The number of halogens is 12. The minimum atomic E-state index is -5.40. The first-order chi connectivity index (χ1) is 18.3. The van der Waals surface area contributed by atoms with E-state index >= 15 is 0 Å². The Morgan fingerprint density at radius 2 is 0.750 bits per heavy atom. The molecule has 208 valence electrons. The summed E-state index contributed by atoms with van der Waals surface area (Å²) in [6.07, 6.45) is -20.5. The van der Waals surface area contributed by atoms with Crippen molar-refractivity contribution in [2.45, 2.75) is 24.7 Å². The van der Waals surface area contributed by atoms with Gasteiger partial charge in [0.15, 0.2) is 0 Å². The van der Waals surface area contributed by atoms with Crippen molar-refractivity contribution in [1.29, 1.82) is 10.5 Å². The fourth-order valence-electron chi connectivity index (χ4n) is 3.72. The second kappa shape index (κ2) is 10.3. The molecule has 0 saturated heterocycles. The Balaban J connectivity index is 2.60. The van der Waals surface area contributed by atoms with Crippen molar-refractivity contribution in [3.8, 4) is 34.4 Å². The van der Waals surface area contributed by atoms with Crippen LogP contribution in [0.3, 0.4) is 0 Å². The molecule has 3 aromatic rings. The highest BCUT2D eigenvalue weighted by Gasteiger charge is 2.38. The van der Waals surface area contributed by atoms with Gasteiger partial charge in [0.1, 0.15) is 23.3 Å². The van der Waals surface area contributed by atoms with E-state index < -0.39 is 79.7 Å². The maximum absolute atomic E-state index is 13.8. The zero-order valence-electron chi connectivity index (χ0n) is 19.2. The lowest BCUT2D eigenvalue weighted by atomic mass is 9.91. The van der Waals surface area contributed by atoms with Crippen LogP contribution in [0.5, 0.6) is 0 Å². The van der Waals surface area contributed by atoms with Crippen molar-refractivity contribution in [2.75, 3.05) is 0 Å². The van der Waals surface area contributed by atoms with E-state index in [-0.39, 0.29) is 0 Å². The molecule has 0 aliphatic carbocycles. The second-order valence-electron chi connectivity index (χ2n) is 8.06. The summed E-state index contributed by atoms with van der Waals surface area (Å²) in [5.74, 6) is 0. The van der Waals surface area contributed by atoms with Crippen LogP contribution >= 0.6 is 0 Å². The van der Waals surface area contributed by atoms with Crippen LogP contribution < -0.4 is 10.4 Å². The minimum Gasteiger partial charge on any atom is -0.192 e. The van der Waals surface area contributed by atoms with Gasteiger partial charge in [-0.15, -0.1) is 0 Å². The zero-order valence-corrected chi connectivity index (χ0v) is 19.2. The normalized spacial score (nSPS) is 14.2. The Morgan fingerprint density at radius 3 is 0.950 bits per heavy atom. The summed E-state index contributed by atoms with van der Waals surface area (Å²) in [6, 6.07) is 7.03. The average molecular weight is 578 g/mol. The smallest absolute Gasteiger partial charge is 0.192 e. The van der Waals surface area contributed by atoms with Gasteiger partial charge in [0.2, 0.25) is 0 Å². The fraction of sp³-hybridized carbons (Fsp3) is 0.154. The first-order valence-corrected chi connectivity index (χ1v) is 10.5. The molecule has 0 N–H and O–H groups in total. The molecule has 3 rings (SSSR count). The van der Waals surface area contributed by atoms with E-state index in [9.17, 15) is 63.2 Å².